The lowest BCUT2D eigenvalue weighted by molar-refractivity contribution is -0.385. The number of hydrogen-bond acceptors (Lipinski definition) is 3. The van der Waals surface area contributed by atoms with E-state index in [2.05, 4.69) is 0 Å². The molecule has 0 fully saturated rings. The summed E-state index contributed by atoms with van der Waals surface area (Å²) in [5.74, 6) is -0.234. The highest BCUT2D eigenvalue weighted by Gasteiger charge is 2.22. The normalized spacial score (nSPS) is 11.8. The molecule has 0 heterocycles. The molecule has 0 aliphatic heterocycles. The van der Waals surface area contributed by atoms with Gasteiger partial charge in [-0.05, 0) is 24.6 Å². The van der Waals surface area contributed by atoms with Crippen molar-refractivity contribution in [2.24, 2.45) is 0 Å². The predicted molar refractivity (Wildman–Crippen MR) is 94.4 cm³/mol. The second-order valence-corrected chi connectivity index (χ2v) is 6.25. The van der Waals surface area contributed by atoms with E-state index in [1.807, 2.05) is 6.92 Å². The molecule has 7 heteroatoms. The van der Waals surface area contributed by atoms with E-state index < -0.39 is 4.92 Å². The Kier molecular flexibility index (Phi) is 5.80. The number of halogens is 2. The number of carbonyl (C=O) groups excluding carboxylic acids is 1. The molecule has 0 saturated heterocycles. The summed E-state index contributed by atoms with van der Waals surface area (Å²) in [6, 6.07) is 11.0. The summed E-state index contributed by atoms with van der Waals surface area (Å²) in [6.45, 7) is 1.84. The van der Waals surface area contributed by atoms with Crippen LogP contribution in [0.15, 0.2) is 42.5 Å². The largest absolute Gasteiger partial charge is 0.339 e. The first-order chi connectivity index (χ1) is 11.3. The third kappa shape index (κ3) is 4.04. The highest BCUT2D eigenvalue weighted by molar-refractivity contribution is 6.35. The summed E-state index contributed by atoms with van der Waals surface area (Å²) in [5, 5.41) is 12.0. The van der Waals surface area contributed by atoms with Crippen LogP contribution in [-0.4, -0.2) is 22.8 Å². The van der Waals surface area contributed by atoms with Gasteiger partial charge in [0.15, 0.2) is 0 Å². The van der Waals surface area contributed by atoms with Crippen molar-refractivity contribution in [1.82, 2.24) is 4.90 Å². The molecule has 0 saturated carbocycles. The van der Waals surface area contributed by atoms with Crippen molar-refractivity contribution < 1.29 is 9.72 Å². The Morgan fingerprint density at radius 3 is 2.54 bits per heavy atom. The van der Waals surface area contributed by atoms with Gasteiger partial charge in [0.25, 0.3) is 5.69 Å². The first kappa shape index (κ1) is 18.2. The van der Waals surface area contributed by atoms with Gasteiger partial charge in [0, 0.05) is 28.7 Å². The average molecular weight is 367 g/mol. The zero-order valence-corrected chi connectivity index (χ0v) is 14.7. The number of amides is 1. The van der Waals surface area contributed by atoms with E-state index in [1.165, 1.54) is 11.0 Å². The SMILES string of the molecule is CC(c1ccc(Cl)cc1Cl)N(C)C(=O)Cc1ccccc1[N+](=O)[O-]. The number of nitro groups is 1. The Morgan fingerprint density at radius 2 is 1.92 bits per heavy atom. The predicted octanol–water partition coefficient (Wildman–Crippen LogP) is 4.66. The van der Waals surface area contributed by atoms with E-state index in [9.17, 15) is 14.9 Å². The van der Waals surface area contributed by atoms with Crippen molar-refractivity contribution in [3.05, 3.63) is 73.8 Å². The van der Waals surface area contributed by atoms with Crippen LogP contribution in [0.3, 0.4) is 0 Å². The van der Waals surface area contributed by atoms with Gasteiger partial charge in [0.1, 0.15) is 0 Å². The molecule has 0 aliphatic rings. The van der Waals surface area contributed by atoms with E-state index in [4.69, 9.17) is 23.2 Å². The number of likely N-dealkylation sites (N-methyl/N-ethyl adjacent to an activating group) is 1. The van der Waals surface area contributed by atoms with E-state index in [0.717, 1.165) is 5.56 Å². The summed E-state index contributed by atoms with van der Waals surface area (Å²) in [6.07, 6.45) is -0.0524. The monoisotopic (exact) mass is 366 g/mol. The fourth-order valence-corrected chi connectivity index (χ4v) is 2.96. The maximum Gasteiger partial charge on any atom is 0.273 e. The van der Waals surface area contributed by atoms with Crippen molar-refractivity contribution >= 4 is 34.8 Å². The van der Waals surface area contributed by atoms with Gasteiger partial charge in [-0.15, -0.1) is 0 Å². The van der Waals surface area contributed by atoms with Crippen molar-refractivity contribution in [2.45, 2.75) is 19.4 Å². The molecule has 2 aromatic carbocycles. The van der Waals surface area contributed by atoms with E-state index in [-0.39, 0.29) is 24.1 Å². The number of carbonyl (C=O) groups is 1. The summed E-state index contributed by atoms with van der Waals surface area (Å²) in [4.78, 5) is 24.6. The quantitative estimate of drug-likeness (QED) is 0.570. The lowest BCUT2D eigenvalue weighted by atomic mass is 10.1. The summed E-state index contributed by atoms with van der Waals surface area (Å²) < 4.78 is 0. The van der Waals surface area contributed by atoms with Gasteiger partial charge in [0.2, 0.25) is 5.91 Å². The minimum atomic E-state index is -0.484. The Labute approximate surface area is 149 Å². The fraction of sp³-hybridized carbons (Fsp3) is 0.235. The van der Waals surface area contributed by atoms with Crippen molar-refractivity contribution in [3.8, 4) is 0 Å². The Hall–Kier alpha value is -2.11. The molecule has 2 aromatic rings. The number of nitrogens with zero attached hydrogens (tertiary/aromatic N) is 2. The average Bonchev–Trinajstić information content (AvgIpc) is 2.53. The van der Waals surface area contributed by atoms with Crippen molar-refractivity contribution in [3.63, 3.8) is 0 Å². The summed E-state index contributed by atoms with van der Waals surface area (Å²) >= 11 is 12.1. The first-order valence-corrected chi connectivity index (χ1v) is 7.99. The molecule has 1 atom stereocenters. The van der Waals surface area contributed by atoms with Gasteiger partial charge >= 0.3 is 0 Å². The molecular formula is C17H16Cl2N2O3. The van der Waals surface area contributed by atoms with Gasteiger partial charge in [-0.1, -0.05) is 47.5 Å². The minimum absolute atomic E-state index is 0.0524. The van der Waals surface area contributed by atoms with Crippen LogP contribution in [0.2, 0.25) is 10.0 Å². The highest BCUT2D eigenvalue weighted by atomic mass is 35.5. The van der Waals surface area contributed by atoms with Crippen LogP contribution in [0.4, 0.5) is 5.69 Å². The van der Waals surface area contributed by atoms with Crippen LogP contribution < -0.4 is 0 Å². The standard InChI is InChI=1S/C17H16Cl2N2O3/c1-11(14-8-7-13(18)10-15(14)19)20(2)17(22)9-12-5-3-4-6-16(12)21(23)24/h3-8,10-11H,9H2,1-2H3. The molecule has 0 aromatic heterocycles. The number of benzene rings is 2. The zero-order chi connectivity index (χ0) is 17.9. The maximum absolute atomic E-state index is 12.5. The van der Waals surface area contributed by atoms with Crippen molar-refractivity contribution in [2.75, 3.05) is 7.05 Å². The van der Waals surface area contributed by atoms with Crippen LogP contribution in [0.1, 0.15) is 24.1 Å². The van der Waals surface area contributed by atoms with Gasteiger partial charge in [-0.25, -0.2) is 0 Å². The number of nitro benzene ring substituents is 1. The van der Waals surface area contributed by atoms with Crippen LogP contribution in [-0.2, 0) is 11.2 Å². The smallest absolute Gasteiger partial charge is 0.273 e. The number of hydrogen-bond donors (Lipinski definition) is 0. The number of rotatable bonds is 5. The lowest BCUT2D eigenvalue weighted by Crippen LogP contribution is -2.31. The topological polar surface area (TPSA) is 63.5 Å². The molecule has 24 heavy (non-hydrogen) atoms. The fourth-order valence-electron chi connectivity index (χ4n) is 2.39. The minimum Gasteiger partial charge on any atom is -0.339 e. The van der Waals surface area contributed by atoms with Crippen LogP contribution in [0.25, 0.3) is 0 Å². The van der Waals surface area contributed by atoms with Gasteiger partial charge in [-0.3, -0.25) is 14.9 Å². The summed E-state index contributed by atoms with van der Waals surface area (Å²) in [7, 11) is 1.65. The summed E-state index contributed by atoms with van der Waals surface area (Å²) in [5.41, 5.74) is 1.09. The van der Waals surface area contributed by atoms with E-state index >= 15 is 0 Å². The van der Waals surface area contributed by atoms with Gasteiger partial charge < -0.3 is 4.90 Å². The molecule has 0 bridgehead atoms. The molecule has 5 nitrogen and oxygen atoms in total. The molecule has 1 amide bonds. The van der Waals surface area contributed by atoms with Crippen molar-refractivity contribution in [1.29, 1.82) is 0 Å². The third-order valence-corrected chi connectivity index (χ3v) is 4.48. The first-order valence-electron chi connectivity index (χ1n) is 7.24. The Balaban J connectivity index is 2.19. The molecule has 0 radical (unpaired) electrons. The lowest BCUT2D eigenvalue weighted by Gasteiger charge is -2.26. The highest BCUT2D eigenvalue weighted by Crippen LogP contribution is 2.29. The molecule has 0 N–H and O–H groups in total. The molecule has 0 aliphatic carbocycles. The third-order valence-electron chi connectivity index (χ3n) is 3.92. The Bertz CT molecular complexity index is 780. The molecular weight excluding hydrogens is 351 g/mol. The van der Waals surface area contributed by atoms with E-state index in [0.29, 0.717) is 15.6 Å². The van der Waals surface area contributed by atoms with Crippen LogP contribution >= 0.6 is 23.2 Å². The molecule has 1 unspecified atom stereocenters. The van der Waals surface area contributed by atoms with Crippen LogP contribution in [0, 0.1) is 10.1 Å². The maximum atomic E-state index is 12.5. The number of para-hydroxylation sites is 1. The second-order valence-electron chi connectivity index (χ2n) is 5.41. The van der Waals surface area contributed by atoms with E-state index in [1.54, 1.807) is 43.4 Å². The molecule has 2 rings (SSSR count). The molecule has 0 spiro atoms. The Morgan fingerprint density at radius 1 is 1.25 bits per heavy atom. The van der Waals surface area contributed by atoms with Gasteiger partial charge in [0.05, 0.1) is 17.4 Å². The molecule has 126 valence electrons. The van der Waals surface area contributed by atoms with Gasteiger partial charge in [-0.2, -0.15) is 0 Å². The second kappa shape index (κ2) is 7.64. The zero-order valence-electron chi connectivity index (χ0n) is 13.2. The van der Waals surface area contributed by atoms with Crippen LogP contribution in [0.5, 0.6) is 0 Å².